The third kappa shape index (κ3) is 4.64. The molecule has 17 heavy (non-hydrogen) atoms. The Morgan fingerprint density at radius 3 is 2.71 bits per heavy atom. The number of carbonyl (C=O) groups is 1. The summed E-state index contributed by atoms with van der Waals surface area (Å²) in [6.45, 7) is 11.4. The molecule has 1 unspecified atom stereocenters. The molecule has 0 spiro atoms. The van der Waals surface area contributed by atoms with Crippen molar-refractivity contribution in [3.05, 3.63) is 0 Å². The lowest BCUT2D eigenvalue weighted by molar-refractivity contribution is -0.128. The molecule has 0 aromatic carbocycles. The van der Waals surface area contributed by atoms with Crippen LogP contribution in [0.25, 0.3) is 0 Å². The van der Waals surface area contributed by atoms with Crippen LogP contribution in [0.1, 0.15) is 34.1 Å². The van der Waals surface area contributed by atoms with Gasteiger partial charge in [0.15, 0.2) is 0 Å². The lowest BCUT2D eigenvalue weighted by Gasteiger charge is -2.27. The number of carbonyl (C=O) groups excluding carboxylic acids is 1. The molecule has 1 rings (SSSR count). The second-order valence-electron chi connectivity index (χ2n) is 5.48. The van der Waals surface area contributed by atoms with E-state index >= 15 is 0 Å². The van der Waals surface area contributed by atoms with Gasteiger partial charge in [-0.25, -0.2) is 0 Å². The Hall–Kier alpha value is -0.610. The summed E-state index contributed by atoms with van der Waals surface area (Å²) >= 11 is 0. The van der Waals surface area contributed by atoms with E-state index in [0.29, 0.717) is 18.4 Å². The maximum atomic E-state index is 11.7. The van der Waals surface area contributed by atoms with Crippen LogP contribution < -0.4 is 5.32 Å². The van der Waals surface area contributed by atoms with Gasteiger partial charge in [-0.2, -0.15) is 0 Å². The molecule has 1 N–H and O–H groups in total. The van der Waals surface area contributed by atoms with E-state index in [4.69, 9.17) is 4.74 Å². The standard InChI is InChI=1S/C13H26N2O2/c1-10(2)9-17-7-5-6-15-12(16)8-14-13(15)11(3)4/h10-11,13-14H,5-9H2,1-4H3. The van der Waals surface area contributed by atoms with Gasteiger partial charge in [-0.15, -0.1) is 0 Å². The average Bonchev–Trinajstić information content (AvgIpc) is 2.59. The SMILES string of the molecule is CC(C)COCCCN1C(=O)CNC1C(C)C. The van der Waals surface area contributed by atoms with Crippen molar-refractivity contribution in [3.8, 4) is 0 Å². The fourth-order valence-corrected chi connectivity index (χ4v) is 2.07. The van der Waals surface area contributed by atoms with Crippen molar-refractivity contribution >= 4 is 5.91 Å². The minimum atomic E-state index is 0.201. The van der Waals surface area contributed by atoms with Gasteiger partial charge in [0.1, 0.15) is 0 Å². The highest BCUT2D eigenvalue weighted by Gasteiger charge is 2.31. The molecular weight excluding hydrogens is 216 g/mol. The molecule has 1 aliphatic heterocycles. The first kappa shape index (κ1) is 14.5. The van der Waals surface area contributed by atoms with E-state index in [0.717, 1.165) is 26.2 Å². The number of rotatable bonds is 7. The van der Waals surface area contributed by atoms with Crippen molar-refractivity contribution in [3.63, 3.8) is 0 Å². The molecule has 0 bridgehead atoms. The quantitative estimate of drug-likeness (QED) is 0.687. The summed E-state index contributed by atoms with van der Waals surface area (Å²) in [6.07, 6.45) is 1.12. The first-order chi connectivity index (χ1) is 8.02. The number of hydrogen-bond donors (Lipinski definition) is 1. The van der Waals surface area contributed by atoms with E-state index in [1.165, 1.54) is 0 Å². The zero-order valence-corrected chi connectivity index (χ0v) is 11.5. The summed E-state index contributed by atoms with van der Waals surface area (Å²) in [5.74, 6) is 1.25. The van der Waals surface area contributed by atoms with Gasteiger partial charge in [-0.1, -0.05) is 27.7 Å². The Morgan fingerprint density at radius 1 is 1.41 bits per heavy atom. The van der Waals surface area contributed by atoms with E-state index in [1.807, 2.05) is 4.90 Å². The summed E-state index contributed by atoms with van der Waals surface area (Å²) in [4.78, 5) is 13.6. The van der Waals surface area contributed by atoms with Gasteiger partial charge in [0.25, 0.3) is 0 Å². The zero-order chi connectivity index (χ0) is 12.8. The molecular formula is C13H26N2O2. The molecule has 4 heteroatoms. The highest BCUT2D eigenvalue weighted by atomic mass is 16.5. The van der Waals surface area contributed by atoms with Crippen LogP contribution in [0, 0.1) is 11.8 Å². The molecule has 1 heterocycles. The van der Waals surface area contributed by atoms with Crippen LogP contribution in [-0.2, 0) is 9.53 Å². The molecule has 1 fully saturated rings. The van der Waals surface area contributed by atoms with Gasteiger partial charge >= 0.3 is 0 Å². The molecule has 0 radical (unpaired) electrons. The maximum absolute atomic E-state index is 11.7. The Morgan fingerprint density at radius 2 is 2.12 bits per heavy atom. The summed E-state index contributed by atoms with van der Waals surface area (Å²) in [7, 11) is 0. The van der Waals surface area contributed by atoms with Crippen molar-refractivity contribution in [1.29, 1.82) is 0 Å². The highest BCUT2D eigenvalue weighted by molar-refractivity contribution is 5.80. The Labute approximate surface area is 105 Å². The normalized spacial score (nSPS) is 20.9. The third-order valence-electron chi connectivity index (χ3n) is 2.89. The largest absolute Gasteiger partial charge is 0.381 e. The van der Waals surface area contributed by atoms with Gasteiger partial charge in [0.2, 0.25) is 5.91 Å². The number of nitrogens with one attached hydrogen (secondary N) is 1. The zero-order valence-electron chi connectivity index (χ0n) is 11.5. The van der Waals surface area contributed by atoms with Crippen LogP contribution >= 0.6 is 0 Å². The lowest BCUT2D eigenvalue weighted by atomic mass is 10.1. The molecule has 4 nitrogen and oxygen atoms in total. The number of ether oxygens (including phenoxy) is 1. The summed E-state index contributed by atoms with van der Waals surface area (Å²) < 4.78 is 5.53. The van der Waals surface area contributed by atoms with Crippen LogP contribution in [0.3, 0.4) is 0 Å². The van der Waals surface area contributed by atoms with Crippen molar-refractivity contribution in [2.45, 2.75) is 40.3 Å². The van der Waals surface area contributed by atoms with E-state index in [9.17, 15) is 4.79 Å². The molecule has 0 saturated carbocycles. The van der Waals surface area contributed by atoms with Crippen molar-refractivity contribution in [1.82, 2.24) is 10.2 Å². The molecule has 0 aromatic rings. The predicted molar refractivity (Wildman–Crippen MR) is 68.6 cm³/mol. The van der Waals surface area contributed by atoms with Crippen molar-refractivity contribution in [2.24, 2.45) is 11.8 Å². The first-order valence-electron chi connectivity index (χ1n) is 6.63. The number of amides is 1. The van der Waals surface area contributed by atoms with Gasteiger partial charge < -0.3 is 9.64 Å². The summed E-state index contributed by atoms with van der Waals surface area (Å²) in [5.41, 5.74) is 0. The monoisotopic (exact) mass is 242 g/mol. The van der Waals surface area contributed by atoms with Gasteiger partial charge in [0.05, 0.1) is 12.7 Å². The predicted octanol–water partition coefficient (Wildman–Crippen LogP) is 1.46. The van der Waals surface area contributed by atoms with Crippen molar-refractivity contribution in [2.75, 3.05) is 26.3 Å². The molecule has 0 aliphatic carbocycles. The fourth-order valence-electron chi connectivity index (χ4n) is 2.07. The van der Waals surface area contributed by atoms with Crippen LogP contribution in [0.4, 0.5) is 0 Å². The maximum Gasteiger partial charge on any atom is 0.237 e. The minimum Gasteiger partial charge on any atom is -0.381 e. The van der Waals surface area contributed by atoms with Crippen LogP contribution in [0.2, 0.25) is 0 Å². The van der Waals surface area contributed by atoms with E-state index in [-0.39, 0.29) is 12.1 Å². The van der Waals surface area contributed by atoms with Crippen LogP contribution in [0.5, 0.6) is 0 Å². The molecule has 1 amide bonds. The molecule has 0 aromatic heterocycles. The average molecular weight is 242 g/mol. The highest BCUT2D eigenvalue weighted by Crippen LogP contribution is 2.13. The second kappa shape index (κ2) is 6.97. The Kier molecular flexibility index (Phi) is 5.92. The van der Waals surface area contributed by atoms with E-state index in [2.05, 4.69) is 33.0 Å². The van der Waals surface area contributed by atoms with Gasteiger partial charge in [-0.05, 0) is 18.3 Å². The number of hydrogen-bond acceptors (Lipinski definition) is 3. The molecule has 100 valence electrons. The topological polar surface area (TPSA) is 41.6 Å². The molecule has 1 saturated heterocycles. The fraction of sp³-hybridized carbons (Fsp3) is 0.923. The second-order valence-corrected chi connectivity index (χ2v) is 5.48. The van der Waals surface area contributed by atoms with Crippen LogP contribution in [0.15, 0.2) is 0 Å². The minimum absolute atomic E-state index is 0.201. The summed E-state index contributed by atoms with van der Waals surface area (Å²) in [5, 5.41) is 3.25. The summed E-state index contributed by atoms with van der Waals surface area (Å²) in [6, 6.07) is 0. The van der Waals surface area contributed by atoms with E-state index in [1.54, 1.807) is 0 Å². The first-order valence-corrected chi connectivity index (χ1v) is 6.63. The lowest BCUT2D eigenvalue weighted by Crippen LogP contribution is -2.42. The van der Waals surface area contributed by atoms with Gasteiger partial charge in [0, 0.05) is 19.8 Å². The Bertz CT molecular complexity index is 242. The molecule has 1 aliphatic rings. The third-order valence-corrected chi connectivity index (χ3v) is 2.89. The number of nitrogens with zero attached hydrogens (tertiary/aromatic N) is 1. The van der Waals surface area contributed by atoms with Crippen LogP contribution in [-0.4, -0.2) is 43.3 Å². The van der Waals surface area contributed by atoms with E-state index < -0.39 is 0 Å². The Balaban J connectivity index is 2.22. The van der Waals surface area contributed by atoms with Gasteiger partial charge in [-0.3, -0.25) is 10.1 Å². The molecule has 1 atom stereocenters. The van der Waals surface area contributed by atoms with Crippen molar-refractivity contribution < 1.29 is 9.53 Å². The smallest absolute Gasteiger partial charge is 0.237 e.